The molecule has 146 valence electrons. The molecule has 12 heteroatoms. The maximum absolute atomic E-state index is 13.3. The van der Waals surface area contributed by atoms with E-state index in [-0.39, 0.29) is 28.6 Å². The summed E-state index contributed by atoms with van der Waals surface area (Å²) in [4.78, 5) is 7.45. The number of nitrogens with one attached hydrogen (secondary N) is 2. The Balaban J connectivity index is 1.52. The predicted molar refractivity (Wildman–Crippen MR) is 87.3 cm³/mol. The number of halogens is 6. The van der Waals surface area contributed by atoms with E-state index >= 15 is 0 Å². The van der Waals surface area contributed by atoms with Crippen LogP contribution in [0.2, 0.25) is 5.15 Å². The van der Waals surface area contributed by atoms with E-state index in [9.17, 15) is 22.0 Å². The number of hydrogen-bond acceptors (Lipinski definition) is 5. The Morgan fingerprint density at radius 2 is 1.89 bits per heavy atom. The first-order chi connectivity index (χ1) is 12.6. The number of rotatable bonds is 4. The third-order valence-electron chi connectivity index (χ3n) is 5.08. The minimum absolute atomic E-state index is 0.102. The van der Waals surface area contributed by atoms with Crippen LogP contribution in [0.25, 0.3) is 0 Å². The Hall–Kier alpha value is -2.17. The van der Waals surface area contributed by atoms with Gasteiger partial charge in [0.05, 0.1) is 17.9 Å². The lowest BCUT2D eigenvalue weighted by Crippen LogP contribution is -2.14. The Labute approximate surface area is 155 Å². The summed E-state index contributed by atoms with van der Waals surface area (Å²) in [6.45, 7) is 0. The molecular formula is C15H14ClF5N6. The Morgan fingerprint density at radius 3 is 2.48 bits per heavy atom. The summed E-state index contributed by atoms with van der Waals surface area (Å²) < 4.78 is 66.8. The molecule has 4 rings (SSSR count). The lowest BCUT2D eigenvalue weighted by Gasteiger charge is -2.16. The molecule has 2 N–H and O–H groups in total. The van der Waals surface area contributed by atoms with E-state index in [0.717, 1.165) is 0 Å². The molecule has 0 saturated heterocycles. The Bertz CT molecular complexity index is 868. The molecule has 0 spiro atoms. The maximum atomic E-state index is 13.3. The number of anilines is 3. The number of fused-ring (bicyclic) bond motifs is 1. The van der Waals surface area contributed by atoms with E-state index in [0.29, 0.717) is 19.0 Å². The van der Waals surface area contributed by atoms with Crippen LogP contribution < -0.4 is 10.6 Å². The molecule has 6 nitrogen and oxygen atoms in total. The van der Waals surface area contributed by atoms with Gasteiger partial charge in [-0.3, -0.25) is 0 Å². The van der Waals surface area contributed by atoms with E-state index in [1.165, 1.54) is 17.9 Å². The Morgan fingerprint density at radius 1 is 1.22 bits per heavy atom. The van der Waals surface area contributed by atoms with Gasteiger partial charge in [-0.2, -0.15) is 23.3 Å². The fourth-order valence-corrected chi connectivity index (χ4v) is 3.91. The smallest absolute Gasteiger partial charge is 0.372 e. The normalized spacial score (nSPS) is 26.0. The predicted octanol–water partition coefficient (Wildman–Crippen LogP) is 4.35. The van der Waals surface area contributed by atoms with Crippen LogP contribution in [0.1, 0.15) is 24.4 Å². The zero-order valence-corrected chi connectivity index (χ0v) is 14.6. The molecule has 2 atom stereocenters. The highest BCUT2D eigenvalue weighted by atomic mass is 35.5. The third-order valence-corrected chi connectivity index (χ3v) is 5.45. The molecule has 2 unspecified atom stereocenters. The second kappa shape index (κ2) is 5.91. The maximum Gasteiger partial charge on any atom is 0.421 e. The van der Waals surface area contributed by atoms with E-state index < -0.39 is 29.5 Å². The molecule has 0 radical (unpaired) electrons. The number of alkyl halides is 5. The number of nitrogens with zero attached hydrogens (tertiary/aromatic N) is 4. The lowest BCUT2D eigenvalue weighted by molar-refractivity contribution is -0.137. The molecule has 0 bridgehead atoms. The fraction of sp³-hybridized carbons (Fsp3) is 0.533. The monoisotopic (exact) mass is 408 g/mol. The zero-order valence-electron chi connectivity index (χ0n) is 13.9. The highest BCUT2D eigenvalue weighted by Crippen LogP contribution is 2.66. The van der Waals surface area contributed by atoms with Gasteiger partial charge < -0.3 is 10.6 Å². The van der Waals surface area contributed by atoms with Crippen LogP contribution in [0.15, 0.2) is 12.4 Å². The van der Waals surface area contributed by atoms with Gasteiger partial charge in [0, 0.05) is 25.1 Å². The van der Waals surface area contributed by atoms with Gasteiger partial charge in [0.25, 0.3) is 5.92 Å². The topological polar surface area (TPSA) is 67.7 Å². The van der Waals surface area contributed by atoms with E-state index in [4.69, 9.17) is 11.6 Å². The third kappa shape index (κ3) is 2.97. The van der Waals surface area contributed by atoms with Crippen molar-refractivity contribution in [3.05, 3.63) is 23.1 Å². The fourth-order valence-electron chi connectivity index (χ4n) is 3.63. The van der Waals surface area contributed by atoms with Gasteiger partial charge in [0.2, 0.25) is 5.95 Å². The average Bonchev–Trinajstić information content (AvgIpc) is 2.99. The summed E-state index contributed by atoms with van der Waals surface area (Å²) >= 11 is 6.26. The number of hydrogen-bond donors (Lipinski definition) is 2. The summed E-state index contributed by atoms with van der Waals surface area (Å²) in [6.07, 6.45) is -1.99. The average molecular weight is 409 g/mol. The van der Waals surface area contributed by atoms with E-state index in [1.807, 2.05) is 0 Å². The van der Waals surface area contributed by atoms with Gasteiger partial charge in [-0.05, 0) is 12.8 Å². The van der Waals surface area contributed by atoms with Gasteiger partial charge in [-0.1, -0.05) is 11.6 Å². The highest BCUT2D eigenvalue weighted by molar-refractivity contribution is 6.32. The first-order valence-corrected chi connectivity index (χ1v) is 8.50. The van der Waals surface area contributed by atoms with Gasteiger partial charge in [0.1, 0.15) is 11.4 Å². The zero-order chi connectivity index (χ0) is 19.6. The molecule has 2 fully saturated rings. The molecule has 0 aromatic carbocycles. The van der Waals surface area contributed by atoms with Crippen LogP contribution >= 0.6 is 11.6 Å². The van der Waals surface area contributed by atoms with E-state index in [2.05, 4.69) is 25.7 Å². The van der Waals surface area contributed by atoms with Crippen molar-refractivity contribution in [2.45, 2.75) is 31.0 Å². The van der Waals surface area contributed by atoms with Crippen molar-refractivity contribution in [2.75, 3.05) is 17.7 Å². The molecule has 2 saturated carbocycles. The minimum atomic E-state index is -4.59. The van der Waals surface area contributed by atoms with Crippen molar-refractivity contribution in [2.24, 2.45) is 11.8 Å². The summed E-state index contributed by atoms with van der Waals surface area (Å²) in [5.74, 6) is -4.34. The SMILES string of the molecule is CNc1nc(Nc2cnn(C3CC4C(C3)C4(F)F)c2Cl)ncc1C(F)(F)F. The van der Waals surface area contributed by atoms with Crippen molar-refractivity contribution in [1.29, 1.82) is 0 Å². The molecule has 2 heterocycles. The highest BCUT2D eigenvalue weighted by Gasteiger charge is 2.71. The van der Waals surface area contributed by atoms with Gasteiger partial charge >= 0.3 is 6.18 Å². The van der Waals surface area contributed by atoms with Crippen LogP contribution in [0, 0.1) is 11.8 Å². The van der Waals surface area contributed by atoms with Gasteiger partial charge in [-0.15, -0.1) is 0 Å². The Kier molecular flexibility index (Phi) is 3.99. The van der Waals surface area contributed by atoms with Crippen molar-refractivity contribution in [3.63, 3.8) is 0 Å². The molecule has 27 heavy (non-hydrogen) atoms. The first kappa shape index (κ1) is 18.2. The van der Waals surface area contributed by atoms with Crippen LogP contribution in [-0.2, 0) is 6.18 Å². The summed E-state index contributed by atoms with van der Waals surface area (Å²) in [6, 6.07) is -0.232. The van der Waals surface area contributed by atoms with Crippen molar-refractivity contribution < 1.29 is 22.0 Å². The second-order valence-electron chi connectivity index (χ2n) is 6.64. The van der Waals surface area contributed by atoms with Crippen LogP contribution in [-0.4, -0.2) is 32.7 Å². The first-order valence-electron chi connectivity index (χ1n) is 8.12. The molecule has 2 aliphatic carbocycles. The second-order valence-corrected chi connectivity index (χ2v) is 6.99. The molecule has 0 amide bonds. The summed E-state index contributed by atoms with van der Waals surface area (Å²) in [5.41, 5.74) is -0.714. The molecule has 2 aliphatic rings. The van der Waals surface area contributed by atoms with Crippen LogP contribution in [0.5, 0.6) is 0 Å². The molecule has 0 aliphatic heterocycles. The summed E-state index contributed by atoms with van der Waals surface area (Å²) in [7, 11) is 1.31. The van der Waals surface area contributed by atoms with Crippen LogP contribution in [0.4, 0.5) is 39.4 Å². The van der Waals surface area contributed by atoms with Crippen molar-refractivity contribution >= 4 is 29.1 Å². The van der Waals surface area contributed by atoms with Crippen molar-refractivity contribution in [1.82, 2.24) is 19.7 Å². The van der Waals surface area contributed by atoms with Gasteiger partial charge in [0.15, 0.2) is 5.15 Å². The lowest BCUT2D eigenvalue weighted by atomic mass is 10.1. The number of aromatic nitrogens is 4. The summed E-state index contributed by atoms with van der Waals surface area (Å²) in [5, 5.41) is 9.38. The van der Waals surface area contributed by atoms with Crippen molar-refractivity contribution in [3.8, 4) is 0 Å². The molecule has 2 aromatic heterocycles. The molecule has 2 aromatic rings. The quantitative estimate of drug-likeness (QED) is 0.736. The largest absolute Gasteiger partial charge is 0.421 e. The van der Waals surface area contributed by atoms with Gasteiger partial charge in [-0.25, -0.2) is 18.4 Å². The standard InChI is InChI=1S/C15H14ClF5N6/c1-22-12-9(15(19,20)21)4-23-13(26-12)25-10-5-24-27(11(10)16)6-2-7-8(3-6)14(7,17)18/h4-8H,2-3H2,1H3,(H2,22,23,25,26). The minimum Gasteiger partial charge on any atom is -0.372 e. The van der Waals surface area contributed by atoms with Crippen LogP contribution in [0.3, 0.4) is 0 Å². The molecular weight excluding hydrogens is 395 g/mol. The van der Waals surface area contributed by atoms with E-state index in [1.54, 1.807) is 0 Å².